The Hall–Kier alpha value is -1.77. The zero-order valence-electron chi connectivity index (χ0n) is 9.07. The third-order valence-electron chi connectivity index (χ3n) is 2.37. The molecule has 0 saturated heterocycles. The van der Waals surface area contributed by atoms with Gasteiger partial charge in [-0.25, -0.2) is 4.98 Å². The van der Waals surface area contributed by atoms with Crippen LogP contribution in [-0.4, -0.2) is 16.6 Å². The molecule has 0 spiro atoms. The Labute approximate surface area is 89.8 Å². The zero-order chi connectivity index (χ0) is 10.7. The first kappa shape index (κ1) is 9.77. The quantitative estimate of drug-likeness (QED) is 0.825. The summed E-state index contributed by atoms with van der Waals surface area (Å²) in [6.07, 6.45) is 3.79. The van der Waals surface area contributed by atoms with Crippen LogP contribution < -0.4 is 5.32 Å². The highest BCUT2D eigenvalue weighted by atomic mass is 15.2. The molecule has 3 heteroatoms. The third kappa shape index (κ3) is 2.18. The molecule has 15 heavy (non-hydrogen) atoms. The summed E-state index contributed by atoms with van der Waals surface area (Å²) in [5.74, 6) is 0.900. The van der Waals surface area contributed by atoms with Crippen LogP contribution in [-0.2, 0) is 6.54 Å². The highest BCUT2D eigenvalue weighted by Crippen LogP contribution is 2.10. The number of aryl methyl sites for hydroxylation is 1. The summed E-state index contributed by atoms with van der Waals surface area (Å²) in [6.45, 7) is 2.97. The molecule has 0 bridgehead atoms. The second-order valence-corrected chi connectivity index (χ2v) is 3.62. The Morgan fingerprint density at radius 1 is 1.40 bits per heavy atom. The summed E-state index contributed by atoms with van der Waals surface area (Å²) < 4.78 is 2.09. The van der Waals surface area contributed by atoms with Gasteiger partial charge in [0.2, 0.25) is 5.95 Å². The van der Waals surface area contributed by atoms with Crippen molar-refractivity contribution in [3.8, 4) is 0 Å². The fourth-order valence-electron chi connectivity index (χ4n) is 1.67. The fraction of sp³-hybridized carbons (Fsp3) is 0.250. The molecule has 2 aromatic rings. The molecule has 1 N–H and O–H groups in total. The Morgan fingerprint density at radius 3 is 3.00 bits per heavy atom. The van der Waals surface area contributed by atoms with Crippen LogP contribution in [0.4, 0.5) is 5.95 Å². The third-order valence-corrected chi connectivity index (χ3v) is 2.37. The van der Waals surface area contributed by atoms with Crippen LogP contribution in [0.3, 0.4) is 0 Å². The Balaban J connectivity index is 2.22. The first-order chi connectivity index (χ1) is 7.29. The van der Waals surface area contributed by atoms with E-state index in [9.17, 15) is 0 Å². The Bertz CT molecular complexity index is 446. The average Bonchev–Trinajstić information content (AvgIpc) is 2.65. The summed E-state index contributed by atoms with van der Waals surface area (Å²) in [6, 6.07) is 8.52. The van der Waals surface area contributed by atoms with E-state index in [1.807, 2.05) is 19.4 Å². The number of aromatic nitrogens is 2. The van der Waals surface area contributed by atoms with Crippen molar-refractivity contribution in [2.75, 3.05) is 12.4 Å². The van der Waals surface area contributed by atoms with Gasteiger partial charge in [-0.1, -0.05) is 29.8 Å². The molecule has 0 radical (unpaired) electrons. The molecule has 0 fully saturated rings. The van der Waals surface area contributed by atoms with Gasteiger partial charge in [-0.3, -0.25) is 0 Å². The predicted molar refractivity (Wildman–Crippen MR) is 62.1 cm³/mol. The highest BCUT2D eigenvalue weighted by Gasteiger charge is 2.00. The van der Waals surface area contributed by atoms with Crippen LogP contribution in [0.1, 0.15) is 11.1 Å². The molecule has 0 aliphatic carbocycles. The normalized spacial score (nSPS) is 10.3. The zero-order valence-corrected chi connectivity index (χ0v) is 9.07. The molecule has 0 atom stereocenters. The molecule has 2 rings (SSSR count). The molecule has 78 valence electrons. The van der Waals surface area contributed by atoms with Crippen LogP contribution in [0.25, 0.3) is 0 Å². The second kappa shape index (κ2) is 4.17. The average molecular weight is 201 g/mol. The van der Waals surface area contributed by atoms with Crippen molar-refractivity contribution in [3.05, 3.63) is 47.8 Å². The molecule has 0 aliphatic rings. The van der Waals surface area contributed by atoms with Gasteiger partial charge in [-0.05, 0) is 12.5 Å². The number of hydrogen-bond acceptors (Lipinski definition) is 2. The topological polar surface area (TPSA) is 29.9 Å². The molecule has 0 saturated carbocycles. The van der Waals surface area contributed by atoms with Crippen LogP contribution in [0.5, 0.6) is 0 Å². The van der Waals surface area contributed by atoms with E-state index in [4.69, 9.17) is 0 Å². The van der Waals surface area contributed by atoms with Crippen LogP contribution in [0.2, 0.25) is 0 Å². The largest absolute Gasteiger partial charge is 0.359 e. The van der Waals surface area contributed by atoms with E-state index < -0.39 is 0 Å². The molecule has 0 unspecified atom stereocenters. The summed E-state index contributed by atoms with van der Waals surface area (Å²) in [5, 5.41) is 3.06. The van der Waals surface area contributed by atoms with Crippen molar-refractivity contribution in [2.24, 2.45) is 0 Å². The summed E-state index contributed by atoms with van der Waals surface area (Å²) >= 11 is 0. The summed E-state index contributed by atoms with van der Waals surface area (Å²) in [5.41, 5.74) is 2.59. The number of benzene rings is 1. The first-order valence-electron chi connectivity index (χ1n) is 5.04. The monoisotopic (exact) mass is 201 g/mol. The standard InChI is InChI=1S/C12H15N3/c1-10-4-3-5-11(8-10)9-15-7-6-14-12(15)13-2/h3-8H,9H2,1-2H3,(H,13,14). The van der Waals surface area contributed by atoms with Gasteiger partial charge in [0.15, 0.2) is 0 Å². The second-order valence-electron chi connectivity index (χ2n) is 3.62. The molecule has 1 heterocycles. The number of nitrogens with one attached hydrogen (secondary N) is 1. The number of nitrogens with zero attached hydrogens (tertiary/aromatic N) is 2. The molecular weight excluding hydrogens is 186 g/mol. The van der Waals surface area contributed by atoms with Gasteiger partial charge in [0, 0.05) is 19.4 Å². The SMILES string of the molecule is CNc1nccn1Cc1cccc(C)c1. The van der Waals surface area contributed by atoms with E-state index in [2.05, 4.69) is 46.1 Å². The summed E-state index contributed by atoms with van der Waals surface area (Å²) in [7, 11) is 1.88. The van der Waals surface area contributed by atoms with Crippen molar-refractivity contribution in [3.63, 3.8) is 0 Å². The van der Waals surface area contributed by atoms with E-state index >= 15 is 0 Å². The van der Waals surface area contributed by atoms with E-state index in [1.165, 1.54) is 11.1 Å². The molecule has 3 nitrogen and oxygen atoms in total. The lowest BCUT2D eigenvalue weighted by molar-refractivity contribution is 0.804. The van der Waals surface area contributed by atoms with Gasteiger partial charge >= 0.3 is 0 Å². The minimum absolute atomic E-state index is 0.859. The van der Waals surface area contributed by atoms with Crippen molar-refractivity contribution in [1.29, 1.82) is 0 Å². The Morgan fingerprint density at radius 2 is 2.27 bits per heavy atom. The minimum Gasteiger partial charge on any atom is -0.359 e. The van der Waals surface area contributed by atoms with Crippen molar-refractivity contribution >= 4 is 5.95 Å². The molecule has 1 aromatic heterocycles. The van der Waals surface area contributed by atoms with Gasteiger partial charge in [-0.15, -0.1) is 0 Å². The molecule has 0 aliphatic heterocycles. The minimum atomic E-state index is 0.859. The first-order valence-corrected chi connectivity index (χ1v) is 5.04. The van der Waals surface area contributed by atoms with Gasteiger partial charge in [-0.2, -0.15) is 0 Å². The van der Waals surface area contributed by atoms with Gasteiger partial charge in [0.05, 0.1) is 6.54 Å². The Kier molecular flexibility index (Phi) is 2.72. The van der Waals surface area contributed by atoms with E-state index in [-0.39, 0.29) is 0 Å². The highest BCUT2D eigenvalue weighted by molar-refractivity contribution is 5.28. The van der Waals surface area contributed by atoms with E-state index in [0.29, 0.717) is 0 Å². The van der Waals surface area contributed by atoms with Gasteiger partial charge in [0.1, 0.15) is 0 Å². The fourth-order valence-corrected chi connectivity index (χ4v) is 1.67. The van der Waals surface area contributed by atoms with Crippen molar-refractivity contribution < 1.29 is 0 Å². The van der Waals surface area contributed by atoms with Crippen molar-refractivity contribution in [1.82, 2.24) is 9.55 Å². The number of anilines is 1. The lowest BCUT2D eigenvalue weighted by Gasteiger charge is -2.07. The number of hydrogen-bond donors (Lipinski definition) is 1. The van der Waals surface area contributed by atoms with E-state index in [1.54, 1.807) is 0 Å². The molecular formula is C12H15N3. The van der Waals surface area contributed by atoms with Gasteiger partial charge in [0.25, 0.3) is 0 Å². The maximum absolute atomic E-state index is 4.21. The molecule has 1 aromatic carbocycles. The smallest absolute Gasteiger partial charge is 0.202 e. The predicted octanol–water partition coefficient (Wildman–Crippen LogP) is 2.28. The maximum Gasteiger partial charge on any atom is 0.202 e. The van der Waals surface area contributed by atoms with Gasteiger partial charge < -0.3 is 9.88 Å². The van der Waals surface area contributed by atoms with Crippen LogP contribution >= 0.6 is 0 Å². The lowest BCUT2D eigenvalue weighted by atomic mass is 10.1. The number of imidazole rings is 1. The molecule has 0 amide bonds. The summed E-state index contributed by atoms with van der Waals surface area (Å²) in [4.78, 5) is 4.21. The van der Waals surface area contributed by atoms with Crippen LogP contribution in [0.15, 0.2) is 36.7 Å². The van der Waals surface area contributed by atoms with Crippen LogP contribution in [0, 0.1) is 6.92 Å². The maximum atomic E-state index is 4.21. The van der Waals surface area contributed by atoms with Crippen molar-refractivity contribution in [2.45, 2.75) is 13.5 Å². The van der Waals surface area contributed by atoms with E-state index in [0.717, 1.165) is 12.5 Å². The number of rotatable bonds is 3. The lowest BCUT2D eigenvalue weighted by Crippen LogP contribution is -2.04.